The Morgan fingerprint density at radius 3 is 1.97 bits per heavy atom. The third kappa shape index (κ3) is 14.0. The number of ether oxygens (including phenoxy) is 3. The van der Waals surface area contributed by atoms with E-state index in [2.05, 4.69) is 52.8 Å². The molecule has 0 aromatic heterocycles. The van der Waals surface area contributed by atoms with Crippen molar-refractivity contribution in [2.75, 3.05) is 19.8 Å². The summed E-state index contributed by atoms with van der Waals surface area (Å²) in [4.78, 5) is 11.9. The van der Waals surface area contributed by atoms with Crippen LogP contribution in [0.3, 0.4) is 0 Å². The lowest BCUT2D eigenvalue weighted by Crippen LogP contribution is -2.44. The highest BCUT2D eigenvalue weighted by Gasteiger charge is 2.32. The minimum atomic E-state index is -1.71. The number of carbonyl (C=O) groups is 1. The van der Waals surface area contributed by atoms with Gasteiger partial charge in [-0.1, -0.05) is 39.5 Å². The van der Waals surface area contributed by atoms with Gasteiger partial charge in [0.2, 0.25) is 0 Å². The summed E-state index contributed by atoms with van der Waals surface area (Å²) in [5, 5.41) is 0. The van der Waals surface area contributed by atoms with Crippen molar-refractivity contribution in [2.24, 2.45) is 0 Å². The second-order valence-electron chi connectivity index (χ2n) is 9.23. The number of hydrogen-bond acceptors (Lipinski definition) is 5. The summed E-state index contributed by atoms with van der Waals surface area (Å²) in [5.41, 5.74) is 1.08. The van der Waals surface area contributed by atoms with Gasteiger partial charge in [0, 0.05) is 12.2 Å². The molecule has 1 atom stereocenters. The van der Waals surface area contributed by atoms with Gasteiger partial charge in [-0.25, -0.2) is 4.79 Å². The van der Waals surface area contributed by atoms with Gasteiger partial charge in [0.1, 0.15) is 12.4 Å². The molecule has 0 rings (SSSR count). The molecule has 0 N–H and O–H groups in total. The second kappa shape index (κ2) is 14.0. The lowest BCUT2D eigenvalue weighted by Gasteiger charge is -2.34. The summed E-state index contributed by atoms with van der Waals surface area (Å²) in [6.45, 7) is 27.1. The zero-order valence-electron chi connectivity index (χ0n) is 20.4. The van der Waals surface area contributed by atoms with Crippen molar-refractivity contribution >= 4 is 22.6 Å². The van der Waals surface area contributed by atoms with Crippen LogP contribution in [0.5, 0.6) is 0 Å². The second-order valence-corrected chi connectivity index (χ2v) is 18.1. The van der Waals surface area contributed by atoms with Crippen molar-refractivity contribution in [3.63, 3.8) is 0 Å². The predicted octanol–water partition coefficient (Wildman–Crippen LogP) is 6.21. The van der Waals surface area contributed by atoms with E-state index in [9.17, 15) is 4.79 Å². The van der Waals surface area contributed by atoms with Crippen molar-refractivity contribution in [1.82, 2.24) is 0 Å². The Kier molecular flexibility index (Phi) is 13.5. The Bertz CT molecular complexity index is 584. The summed E-state index contributed by atoms with van der Waals surface area (Å²) in [7, 11) is -3.29. The smallest absolute Gasteiger partial charge is 0.333 e. The highest BCUT2D eigenvalue weighted by atomic mass is 28.4. The fourth-order valence-corrected chi connectivity index (χ4v) is 12.0. The number of allylic oxidation sites excluding steroid dienone is 1. The molecule has 0 aromatic carbocycles. The maximum Gasteiger partial charge on any atom is 0.333 e. The largest absolute Gasteiger partial charge is 0.490 e. The normalized spacial score (nSPS) is 12.9. The monoisotopic (exact) mass is 456 g/mol. The molecule has 0 aliphatic carbocycles. The molecule has 0 aromatic rings. The van der Waals surface area contributed by atoms with Crippen LogP contribution in [-0.4, -0.2) is 48.5 Å². The maximum absolute atomic E-state index is 11.9. The predicted molar refractivity (Wildman–Crippen MR) is 131 cm³/mol. The van der Waals surface area contributed by atoms with Crippen LogP contribution in [0.4, 0.5) is 0 Å². The van der Waals surface area contributed by atoms with E-state index >= 15 is 0 Å². The van der Waals surface area contributed by atoms with Crippen molar-refractivity contribution in [3.05, 3.63) is 36.6 Å². The van der Waals surface area contributed by atoms with Gasteiger partial charge in [0.15, 0.2) is 22.7 Å². The molecule has 0 spiro atoms. The van der Waals surface area contributed by atoms with Gasteiger partial charge in [0.05, 0.1) is 6.61 Å². The van der Waals surface area contributed by atoms with E-state index in [0.717, 1.165) is 18.0 Å². The van der Waals surface area contributed by atoms with E-state index in [1.807, 2.05) is 6.92 Å². The molecule has 5 nitrogen and oxygen atoms in total. The summed E-state index contributed by atoms with van der Waals surface area (Å²) < 4.78 is 23.4. The minimum Gasteiger partial charge on any atom is -0.490 e. The highest BCUT2D eigenvalue weighted by molar-refractivity contribution is 6.84. The van der Waals surface area contributed by atoms with Crippen LogP contribution in [0.25, 0.3) is 0 Å². The van der Waals surface area contributed by atoms with E-state index in [4.69, 9.17) is 18.3 Å². The summed E-state index contributed by atoms with van der Waals surface area (Å²) >= 11 is 0. The molecule has 0 bridgehead atoms. The molecule has 0 aliphatic rings. The summed E-state index contributed by atoms with van der Waals surface area (Å²) in [5.74, 6) is 0.0282. The third-order valence-corrected chi connectivity index (χ3v) is 12.1. The van der Waals surface area contributed by atoms with Gasteiger partial charge >= 0.3 is 5.97 Å². The SMILES string of the molecule is C=C(C)C(=C)OCC(COCCC[Si](C)(C)O[Si](C)(C)CCCC)OC(=O)C(=C)C. The van der Waals surface area contributed by atoms with Crippen LogP contribution >= 0.6 is 0 Å². The zero-order chi connectivity index (χ0) is 23.4. The average molecular weight is 457 g/mol. The molecule has 0 saturated carbocycles. The van der Waals surface area contributed by atoms with E-state index in [0.29, 0.717) is 17.9 Å². The van der Waals surface area contributed by atoms with Crippen LogP contribution < -0.4 is 0 Å². The van der Waals surface area contributed by atoms with Gasteiger partial charge in [-0.3, -0.25) is 0 Å². The molecule has 0 radical (unpaired) electrons. The van der Waals surface area contributed by atoms with E-state index in [1.165, 1.54) is 18.9 Å². The topological polar surface area (TPSA) is 54.0 Å². The standard InChI is InChI=1S/C23H44O5Si2/c1-11-12-15-29(7,8)28-30(9,10)16-13-14-25-17-22(27-23(24)20(4)5)18-26-21(6)19(2)3/h22H,2,4,6,11-18H2,1,3,5,7-10H3. The summed E-state index contributed by atoms with van der Waals surface area (Å²) in [6, 6.07) is 2.27. The minimum absolute atomic E-state index is 0.172. The molecule has 0 heterocycles. The van der Waals surface area contributed by atoms with Gasteiger partial charge in [0.25, 0.3) is 0 Å². The molecular formula is C23H44O5Si2. The van der Waals surface area contributed by atoms with Crippen LogP contribution in [0, 0.1) is 0 Å². The maximum atomic E-state index is 11.9. The van der Waals surface area contributed by atoms with Gasteiger partial charge < -0.3 is 18.3 Å². The highest BCUT2D eigenvalue weighted by Crippen LogP contribution is 2.24. The summed E-state index contributed by atoms with van der Waals surface area (Å²) in [6.07, 6.45) is 2.87. The Morgan fingerprint density at radius 2 is 1.47 bits per heavy atom. The number of unbranched alkanes of at least 4 members (excludes halogenated alkanes) is 1. The quantitative estimate of drug-likeness (QED) is 0.0650. The molecule has 0 saturated heterocycles. The van der Waals surface area contributed by atoms with Crippen LogP contribution in [0.15, 0.2) is 36.6 Å². The fourth-order valence-electron chi connectivity index (χ4n) is 2.95. The Hall–Kier alpha value is -1.16. The van der Waals surface area contributed by atoms with E-state index < -0.39 is 28.7 Å². The van der Waals surface area contributed by atoms with Crippen molar-refractivity contribution in [1.29, 1.82) is 0 Å². The molecule has 174 valence electrons. The first-order valence-electron chi connectivity index (χ1n) is 10.9. The molecule has 30 heavy (non-hydrogen) atoms. The fraction of sp³-hybridized carbons (Fsp3) is 0.696. The first-order chi connectivity index (χ1) is 13.8. The average Bonchev–Trinajstić information content (AvgIpc) is 2.62. The molecule has 0 fully saturated rings. The molecule has 7 heteroatoms. The van der Waals surface area contributed by atoms with Crippen LogP contribution in [0.1, 0.15) is 40.0 Å². The van der Waals surface area contributed by atoms with Crippen LogP contribution in [0.2, 0.25) is 38.3 Å². The first kappa shape index (κ1) is 28.8. The van der Waals surface area contributed by atoms with Crippen LogP contribution in [-0.2, 0) is 23.1 Å². The number of carbonyl (C=O) groups excluding carboxylic acids is 1. The number of esters is 1. The lowest BCUT2D eigenvalue weighted by molar-refractivity contribution is -0.150. The molecule has 1 unspecified atom stereocenters. The number of rotatable bonds is 17. The van der Waals surface area contributed by atoms with Gasteiger partial charge in [-0.05, 0) is 64.1 Å². The lowest BCUT2D eigenvalue weighted by atomic mass is 10.3. The Labute approximate surface area is 186 Å². The Balaban J connectivity index is 4.47. The van der Waals surface area contributed by atoms with Gasteiger partial charge in [-0.2, -0.15) is 0 Å². The zero-order valence-corrected chi connectivity index (χ0v) is 22.4. The van der Waals surface area contributed by atoms with Crippen molar-refractivity contribution in [3.8, 4) is 0 Å². The van der Waals surface area contributed by atoms with Crippen molar-refractivity contribution in [2.45, 2.75) is 84.4 Å². The van der Waals surface area contributed by atoms with Crippen molar-refractivity contribution < 1.29 is 23.1 Å². The number of hydrogen-bond donors (Lipinski definition) is 0. The molecule has 0 aliphatic heterocycles. The first-order valence-corrected chi connectivity index (χ1v) is 17.1. The van der Waals surface area contributed by atoms with E-state index in [1.54, 1.807) is 6.92 Å². The van der Waals surface area contributed by atoms with E-state index in [-0.39, 0.29) is 13.2 Å². The third-order valence-electron chi connectivity index (χ3n) is 4.60. The Morgan fingerprint density at radius 1 is 0.900 bits per heavy atom. The van der Waals surface area contributed by atoms with Gasteiger partial charge in [-0.15, -0.1) is 0 Å². The molecular weight excluding hydrogens is 412 g/mol. The molecule has 0 amide bonds.